The second-order valence-corrected chi connectivity index (χ2v) is 5.26. The maximum atomic E-state index is 13.9. The van der Waals surface area contributed by atoms with Crippen LogP contribution in [0.15, 0.2) is 42.5 Å². The summed E-state index contributed by atoms with van der Waals surface area (Å²) in [6.45, 7) is 1.89. The fraction of sp³-hybridized carbons (Fsp3) is 0.188. The van der Waals surface area contributed by atoms with Crippen molar-refractivity contribution in [3.63, 3.8) is 0 Å². The van der Waals surface area contributed by atoms with E-state index in [-0.39, 0.29) is 17.7 Å². The van der Waals surface area contributed by atoms with Gasteiger partial charge in [0.2, 0.25) is 0 Å². The molecule has 2 aromatic rings. The third-order valence-corrected chi connectivity index (χ3v) is 3.89. The topological polar surface area (TPSA) is 53.1 Å². The van der Waals surface area contributed by atoms with Gasteiger partial charge in [0.1, 0.15) is 11.7 Å². The van der Waals surface area contributed by atoms with Crippen LogP contribution in [-0.2, 0) is 0 Å². The molecule has 110 valence electrons. The van der Waals surface area contributed by atoms with Crippen molar-refractivity contribution in [3.05, 3.63) is 64.4 Å². The highest BCUT2D eigenvalue weighted by Gasteiger charge is 2.20. The van der Waals surface area contributed by atoms with Crippen LogP contribution in [0.25, 0.3) is 0 Å². The maximum Gasteiger partial charge on any atom is 0.128 e. The summed E-state index contributed by atoms with van der Waals surface area (Å²) in [6, 6.07) is 11.7. The highest BCUT2D eigenvalue weighted by molar-refractivity contribution is 6.34. The molecule has 0 aliphatic heterocycles. The monoisotopic (exact) mass is 305 g/mol. The third kappa shape index (κ3) is 3.00. The molecule has 0 saturated heterocycles. The molecule has 0 amide bonds. The van der Waals surface area contributed by atoms with Crippen molar-refractivity contribution in [2.24, 2.45) is 5.73 Å². The van der Waals surface area contributed by atoms with Crippen molar-refractivity contribution in [3.8, 4) is 0 Å². The maximum absolute atomic E-state index is 13.9. The molecule has 0 aromatic heterocycles. The lowest BCUT2D eigenvalue weighted by molar-refractivity contribution is 0.585. The molecule has 0 bridgehead atoms. The van der Waals surface area contributed by atoms with E-state index in [0.29, 0.717) is 21.8 Å². The molecule has 1 unspecified atom stereocenters. The first-order valence-corrected chi connectivity index (χ1v) is 6.91. The number of nitrogens with zero attached hydrogens (tertiary/aromatic N) is 1. The summed E-state index contributed by atoms with van der Waals surface area (Å²) in [4.78, 5) is 1.86. The van der Waals surface area contributed by atoms with Gasteiger partial charge in [-0.1, -0.05) is 35.9 Å². The minimum Gasteiger partial charge on any atom is -0.384 e. The number of hydrogen-bond acceptors (Lipinski definition) is 2. The summed E-state index contributed by atoms with van der Waals surface area (Å²) >= 11 is 6.13. The molecule has 0 saturated carbocycles. The van der Waals surface area contributed by atoms with Gasteiger partial charge in [0, 0.05) is 18.3 Å². The van der Waals surface area contributed by atoms with Crippen LogP contribution in [0.3, 0.4) is 0 Å². The molecule has 0 aliphatic carbocycles. The Hall–Kier alpha value is -2.07. The van der Waals surface area contributed by atoms with Crippen LogP contribution in [0, 0.1) is 11.2 Å². The number of halogens is 2. The number of anilines is 1. The zero-order valence-corrected chi connectivity index (χ0v) is 12.7. The van der Waals surface area contributed by atoms with Crippen LogP contribution in [0.1, 0.15) is 24.1 Å². The van der Waals surface area contributed by atoms with Crippen molar-refractivity contribution in [1.29, 1.82) is 5.41 Å². The van der Waals surface area contributed by atoms with E-state index in [9.17, 15) is 4.39 Å². The van der Waals surface area contributed by atoms with E-state index in [1.807, 2.05) is 24.9 Å². The van der Waals surface area contributed by atoms with Gasteiger partial charge in [-0.3, -0.25) is 5.41 Å². The number of nitrogens with two attached hydrogens (primary N) is 1. The SMILES string of the molecule is CC(c1ccccc1F)N(C)c1cccc(Cl)c1C(=N)N. The van der Waals surface area contributed by atoms with Crippen LogP contribution in [-0.4, -0.2) is 12.9 Å². The van der Waals surface area contributed by atoms with E-state index in [4.69, 9.17) is 22.7 Å². The Kier molecular flexibility index (Phi) is 4.48. The number of nitrogen functional groups attached to an aromatic ring is 1. The van der Waals surface area contributed by atoms with E-state index in [0.717, 1.165) is 0 Å². The van der Waals surface area contributed by atoms with Gasteiger partial charge in [0.25, 0.3) is 0 Å². The molecular formula is C16H17ClFN3. The summed E-state index contributed by atoms with van der Waals surface area (Å²) in [6.07, 6.45) is 0. The number of hydrogen-bond donors (Lipinski definition) is 2. The van der Waals surface area contributed by atoms with E-state index >= 15 is 0 Å². The molecule has 0 heterocycles. The summed E-state index contributed by atoms with van der Waals surface area (Å²) in [5.74, 6) is -0.369. The summed E-state index contributed by atoms with van der Waals surface area (Å²) in [5, 5.41) is 8.10. The van der Waals surface area contributed by atoms with Crippen molar-refractivity contribution in [1.82, 2.24) is 0 Å². The third-order valence-electron chi connectivity index (χ3n) is 3.58. The van der Waals surface area contributed by atoms with E-state index in [1.165, 1.54) is 6.07 Å². The Morgan fingerprint density at radius 2 is 1.90 bits per heavy atom. The van der Waals surface area contributed by atoms with Gasteiger partial charge in [-0.2, -0.15) is 0 Å². The minimum absolute atomic E-state index is 0.108. The number of amidine groups is 1. The lowest BCUT2D eigenvalue weighted by Crippen LogP contribution is -2.26. The van der Waals surface area contributed by atoms with Gasteiger partial charge >= 0.3 is 0 Å². The highest BCUT2D eigenvalue weighted by Crippen LogP contribution is 2.32. The molecule has 0 aliphatic rings. The zero-order chi connectivity index (χ0) is 15.6. The molecule has 0 fully saturated rings. The Bertz CT molecular complexity index is 672. The van der Waals surface area contributed by atoms with E-state index in [2.05, 4.69) is 0 Å². The predicted molar refractivity (Wildman–Crippen MR) is 85.7 cm³/mol. The lowest BCUT2D eigenvalue weighted by Gasteiger charge is -2.29. The molecule has 3 N–H and O–H groups in total. The first-order valence-electron chi connectivity index (χ1n) is 6.53. The number of rotatable bonds is 4. The largest absolute Gasteiger partial charge is 0.384 e. The molecule has 2 aromatic carbocycles. The van der Waals surface area contributed by atoms with Crippen LogP contribution in [0.2, 0.25) is 5.02 Å². The van der Waals surface area contributed by atoms with Gasteiger partial charge in [-0.05, 0) is 25.1 Å². The second-order valence-electron chi connectivity index (χ2n) is 4.86. The van der Waals surface area contributed by atoms with Gasteiger partial charge in [-0.25, -0.2) is 4.39 Å². The van der Waals surface area contributed by atoms with Crippen LogP contribution >= 0.6 is 11.6 Å². The van der Waals surface area contributed by atoms with Crippen molar-refractivity contribution < 1.29 is 4.39 Å². The molecule has 5 heteroatoms. The quantitative estimate of drug-likeness (QED) is 0.663. The second kappa shape index (κ2) is 6.14. The minimum atomic E-state index is -0.261. The normalized spacial score (nSPS) is 12.0. The highest BCUT2D eigenvalue weighted by atomic mass is 35.5. The predicted octanol–water partition coefficient (Wildman–Crippen LogP) is 3.96. The van der Waals surface area contributed by atoms with Crippen molar-refractivity contribution >= 4 is 23.1 Å². The summed E-state index contributed by atoms with van der Waals surface area (Å²) < 4.78 is 13.9. The molecular weight excluding hydrogens is 289 g/mol. The average Bonchev–Trinajstić information content (AvgIpc) is 2.45. The molecule has 2 rings (SSSR count). The fourth-order valence-corrected chi connectivity index (χ4v) is 2.58. The molecule has 1 atom stereocenters. The first kappa shape index (κ1) is 15.3. The molecule has 0 spiro atoms. The average molecular weight is 306 g/mol. The molecule has 0 radical (unpaired) electrons. The van der Waals surface area contributed by atoms with E-state index in [1.54, 1.807) is 30.3 Å². The van der Waals surface area contributed by atoms with Crippen LogP contribution < -0.4 is 10.6 Å². The zero-order valence-electron chi connectivity index (χ0n) is 11.9. The van der Waals surface area contributed by atoms with Gasteiger partial charge in [-0.15, -0.1) is 0 Å². The van der Waals surface area contributed by atoms with Crippen molar-refractivity contribution in [2.45, 2.75) is 13.0 Å². The Balaban J connectivity index is 2.46. The summed E-state index contributed by atoms with van der Waals surface area (Å²) in [7, 11) is 1.83. The Labute approximate surface area is 128 Å². The molecule has 3 nitrogen and oxygen atoms in total. The molecule has 21 heavy (non-hydrogen) atoms. The fourth-order valence-electron chi connectivity index (χ4n) is 2.30. The standard InChI is InChI=1S/C16H17ClFN3/c1-10(11-6-3-4-8-13(11)18)21(2)14-9-5-7-12(17)15(14)16(19)20/h3-10H,1-2H3,(H3,19,20). The van der Waals surface area contributed by atoms with Gasteiger partial charge < -0.3 is 10.6 Å². The lowest BCUT2D eigenvalue weighted by atomic mass is 10.0. The summed E-state index contributed by atoms with van der Waals surface area (Å²) in [5.41, 5.74) is 7.36. The number of nitrogens with one attached hydrogen (secondary N) is 1. The Morgan fingerprint density at radius 3 is 2.52 bits per heavy atom. The number of benzene rings is 2. The Morgan fingerprint density at radius 1 is 1.24 bits per heavy atom. The van der Waals surface area contributed by atoms with Crippen LogP contribution in [0.5, 0.6) is 0 Å². The van der Waals surface area contributed by atoms with Crippen molar-refractivity contribution in [2.75, 3.05) is 11.9 Å². The van der Waals surface area contributed by atoms with E-state index < -0.39 is 0 Å². The van der Waals surface area contributed by atoms with Gasteiger partial charge in [0.05, 0.1) is 16.6 Å². The first-order chi connectivity index (χ1) is 9.93. The van der Waals surface area contributed by atoms with Crippen LogP contribution in [0.4, 0.5) is 10.1 Å². The smallest absolute Gasteiger partial charge is 0.128 e. The van der Waals surface area contributed by atoms with Gasteiger partial charge in [0.15, 0.2) is 0 Å².